The first-order chi connectivity index (χ1) is 11.2. The van der Waals surface area contributed by atoms with Crippen molar-refractivity contribution in [2.24, 2.45) is 5.92 Å². The van der Waals surface area contributed by atoms with Crippen LogP contribution in [-0.4, -0.2) is 22.8 Å². The van der Waals surface area contributed by atoms with E-state index in [9.17, 15) is 14.7 Å². The minimum Gasteiger partial charge on any atom is -0.483 e. The maximum atomic E-state index is 12.1. The molecule has 6 heteroatoms. The van der Waals surface area contributed by atoms with Gasteiger partial charge in [0.05, 0.1) is 17.1 Å². The number of carbonyl (C=O) groups excluding carboxylic acids is 1. The Kier molecular flexibility index (Phi) is 3.87. The molecule has 24 heavy (non-hydrogen) atoms. The molecule has 0 amide bonds. The van der Waals surface area contributed by atoms with Crippen LogP contribution in [-0.2, 0) is 9.53 Å². The zero-order valence-corrected chi connectivity index (χ0v) is 14.0. The van der Waals surface area contributed by atoms with E-state index in [-0.39, 0.29) is 5.92 Å². The third-order valence-electron chi connectivity index (χ3n) is 4.01. The summed E-state index contributed by atoms with van der Waals surface area (Å²) in [5.41, 5.74) is -0.973. The fourth-order valence-electron chi connectivity index (χ4n) is 2.75. The second-order valence-electron chi connectivity index (χ2n) is 6.85. The van der Waals surface area contributed by atoms with Gasteiger partial charge >= 0.3 is 11.6 Å². The molecule has 2 heterocycles. The van der Waals surface area contributed by atoms with E-state index >= 15 is 0 Å². The van der Waals surface area contributed by atoms with Crippen LogP contribution in [0.3, 0.4) is 0 Å². The van der Waals surface area contributed by atoms with Crippen molar-refractivity contribution in [3.8, 4) is 5.75 Å². The van der Waals surface area contributed by atoms with Gasteiger partial charge in [0.25, 0.3) is 0 Å². The van der Waals surface area contributed by atoms with E-state index in [4.69, 9.17) is 13.9 Å². The molecule has 0 fully saturated rings. The smallest absolute Gasteiger partial charge is 0.336 e. The SMILES string of the molecule is CC(C)C(=O)O[C@@H]1c2c(ccc3ccc(=O)oc23)O[C@@H]1C(C)(C)O. The van der Waals surface area contributed by atoms with Gasteiger partial charge in [0, 0.05) is 11.5 Å². The summed E-state index contributed by atoms with van der Waals surface area (Å²) in [6, 6.07) is 6.44. The number of hydrogen-bond acceptors (Lipinski definition) is 6. The molecule has 0 unspecified atom stereocenters. The molecule has 0 aliphatic carbocycles. The van der Waals surface area contributed by atoms with Crippen molar-refractivity contribution in [1.82, 2.24) is 0 Å². The highest BCUT2D eigenvalue weighted by atomic mass is 16.6. The Morgan fingerprint density at radius 1 is 1.25 bits per heavy atom. The van der Waals surface area contributed by atoms with Crippen molar-refractivity contribution in [3.63, 3.8) is 0 Å². The number of fused-ring (bicyclic) bond motifs is 3. The van der Waals surface area contributed by atoms with E-state index < -0.39 is 29.4 Å². The van der Waals surface area contributed by atoms with E-state index in [1.165, 1.54) is 6.07 Å². The van der Waals surface area contributed by atoms with E-state index in [0.717, 1.165) is 0 Å². The molecule has 1 N–H and O–H groups in total. The second kappa shape index (κ2) is 5.63. The molecule has 0 bridgehead atoms. The summed E-state index contributed by atoms with van der Waals surface area (Å²) in [6.07, 6.45) is -1.66. The molecular formula is C18H20O6. The largest absolute Gasteiger partial charge is 0.483 e. The quantitative estimate of drug-likeness (QED) is 0.687. The van der Waals surface area contributed by atoms with Crippen LogP contribution in [0, 0.1) is 5.92 Å². The fraction of sp³-hybridized carbons (Fsp3) is 0.444. The normalized spacial score (nSPS) is 20.1. The summed E-state index contributed by atoms with van der Waals surface area (Å²) < 4.78 is 16.8. The molecule has 2 aromatic rings. The van der Waals surface area contributed by atoms with Gasteiger partial charge in [-0.2, -0.15) is 0 Å². The number of hydrogen-bond donors (Lipinski definition) is 1. The third kappa shape index (κ3) is 2.78. The van der Waals surface area contributed by atoms with Crippen LogP contribution in [0.1, 0.15) is 39.4 Å². The van der Waals surface area contributed by atoms with Crippen molar-refractivity contribution in [2.75, 3.05) is 0 Å². The molecule has 0 spiro atoms. The molecule has 0 radical (unpaired) electrons. The summed E-state index contributed by atoms with van der Waals surface area (Å²) in [5, 5.41) is 11.1. The number of rotatable bonds is 3. The Morgan fingerprint density at radius 3 is 2.54 bits per heavy atom. The Bertz CT molecular complexity index is 843. The van der Waals surface area contributed by atoms with Crippen molar-refractivity contribution >= 4 is 16.9 Å². The molecule has 1 aliphatic rings. The van der Waals surface area contributed by atoms with Crippen LogP contribution in [0.25, 0.3) is 11.0 Å². The van der Waals surface area contributed by atoms with Crippen LogP contribution in [0.4, 0.5) is 0 Å². The molecule has 3 rings (SSSR count). The zero-order chi connectivity index (χ0) is 17.6. The molecule has 0 saturated carbocycles. The van der Waals surface area contributed by atoms with Crippen LogP contribution < -0.4 is 10.4 Å². The van der Waals surface area contributed by atoms with E-state index in [0.29, 0.717) is 22.3 Å². The average Bonchev–Trinajstić information content (AvgIpc) is 2.86. The molecule has 1 aromatic heterocycles. The lowest BCUT2D eigenvalue weighted by molar-refractivity contribution is -0.163. The highest BCUT2D eigenvalue weighted by Crippen LogP contribution is 2.46. The monoisotopic (exact) mass is 332 g/mol. The van der Waals surface area contributed by atoms with Crippen molar-refractivity contribution in [1.29, 1.82) is 0 Å². The first kappa shape index (κ1) is 16.5. The highest BCUT2D eigenvalue weighted by molar-refractivity contribution is 5.84. The molecular weight excluding hydrogens is 312 g/mol. The van der Waals surface area contributed by atoms with Gasteiger partial charge in [-0.15, -0.1) is 0 Å². The number of carbonyl (C=O) groups is 1. The molecule has 1 aromatic carbocycles. The molecule has 128 valence electrons. The maximum Gasteiger partial charge on any atom is 0.336 e. The summed E-state index contributed by atoms with van der Waals surface area (Å²) in [6.45, 7) is 6.61. The number of benzene rings is 1. The average molecular weight is 332 g/mol. The molecule has 0 saturated heterocycles. The van der Waals surface area contributed by atoms with Gasteiger partial charge in [-0.1, -0.05) is 13.8 Å². The lowest BCUT2D eigenvalue weighted by atomic mass is 9.93. The minimum atomic E-state index is -1.26. The van der Waals surface area contributed by atoms with Gasteiger partial charge in [0.2, 0.25) is 0 Å². The number of esters is 1. The Hall–Kier alpha value is -2.34. The molecule has 6 nitrogen and oxygen atoms in total. The van der Waals surface area contributed by atoms with Crippen molar-refractivity contribution in [2.45, 2.75) is 45.5 Å². The Labute approximate surface area is 139 Å². The van der Waals surface area contributed by atoms with Gasteiger partial charge < -0.3 is 19.0 Å². The van der Waals surface area contributed by atoms with Gasteiger partial charge in [0.1, 0.15) is 11.3 Å². The standard InChI is InChI=1S/C18H20O6/c1-9(2)17(20)24-15-13-11(22-16(15)18(3,4)21)7-5-10-6-8-12(19)23-14(10)13/h5-9,15-16,21H,1-4H3/t15-,16+/m1/s1. The number of ether oxygens (including phenoxy) is 2. The fourth-order valence-corrected chi connectivity index (χ4v) is 2.75. The highest BCUT2D eigenvalue weighted by Gasteiger charge is 2.47. The van der Waals surface area contributed by atoms with E-state index in [1.54, 1.807) is 45.9 Å². The minimum absolute atomic E-state index is 0.313. The Morgan fingerprint density at radius 2 is 1.92 bits per heavy atom. The van der Waals surface area contributed by atoms with Crippen LogP contribution in [0.15, 0.2) is 33.5 Å². The van der Waals surface area contributed by atoms with Crippen LogP contribution in [0.5, 0.6) is 5.75 Å². The van der Waals surface area contributed by atoms with Gasteiger partial charge in [0.15, 0.2) is 12.2 Å². The summed E-state index contributed by atoms with van der Waals surface area (Å²) >= 11 is 0. The summed E-state index contributed by atoms with van der Waals surface area (Å²) in [7, 11) is 0. The first-order valence-electron chi connectivity index (χ1n) is 7.85. The van der Waals surface area contributed by atoms with Crippen LogP contribution >= 0.6 is 0 Å². The predicted octanol–water partition coefficient (Wildman–Crippen LogP) is 2.57. The zero-order valence-electron chi connectivity index (χ0n) is 14.0. The van der Waals surface area contributed by atoms with E-state index in [1.807, 2.05) is 0 Å². The summed E-state index contributed by atoms with van der Waals surface area (Å²) in [5.74, 6) is -0.315. The Balaban J connectivity index is 2.18. The van der Waals surface area contributed by atoms with Gasteiger partial charge in [-0.25, -0.2) is 4.79 Å². The second-order valence-corrected chi connectivity index (χ2v) is 6.85. The van der Waals surface area contributed by atoms with Crippen LogP contribution in [0.2, 0.25) is 0 Å². The molecule has 1 aliphatic heterocycles. The first-order valence-corrected chi connectivity index (χ1v) is 7.85. The maximum absolute atomic E-state index is 12.1. The lowest BCUT2D eigenvalue weighted by Crippen LogP contribution is -2.43. The van der Waals surface area contributed by atoms with Gasteiger partial charge in [-0.3, -0.25) is 4.79 Å². The third-order valence-corrected chi connectivity index (χ3v) is 4.01. The van der Waals surface area contributed by atoms with Crippen molar-refractivity contribution in [3.05, 3.63) is 40.2 Å². The van der Waals surface area contributed by atoms with Gasteiger partial charge in [-0.05, 0) is 32.0 Å². The van der Waals surface area contributed by atoms with E-state index in [2.05, 4.69) is 0 Å². The summed E-state index contributed by atoms with van der Waals surface area (Å²) in [4.78, 5) is 23.8. The topological polar surface area (TPSA) is 86.0 Å². The lowest BCUT2D eigenvalue weighted by Gasteiger charge is -2.29. The number of aliphatic hydroxyl groups is 1. The predicted molar refractivity (Wildman–Crippen MR) is 86.9 cm³/mol. The molecule has 2 atom stereocenters. The van der Waals surface area contributed by atoms with Crippen molar-refractivity contribution < 1.29 is 23.8 Å².